The zero-order chi connectivity index (χ0) is 19.3. The van der Waals surface area contributed by atoms with Crippen LogP contribution in [0.5, 0.6) is 11.5 Å². The topological polar surface area (TPSA) is 45.8 Å². The van der Waals surface area contributed by atoms with Crippen LogP contribution in [0.3, 0.4) is 0 Å². The Morgan fingerprint density at radius 1 is 0.964 bits per heavy atom. The summed E-state index contributed by atoms with van der Waals surface area (Å²) in [6.45, 7) is 5.61. The van der Waals surface area contributed by atoms with Gasteiger partial charge in [-0.15, -0.1) is 0 Å². The second-order valence-electron chi connectivity index (χ2n) is 7.32. The Kier molecular flexibility index (Phi) is 5.86. The van der Waals surface area contributed by atoms with Crippen molar-refractivity contribution in [2.24, 2.45) is 0 Å². The van der Waals surface area contributed by atoms with Crippen LogP contribution in [-0.2, 0) is 0 Å². The minimum atomic E-state index is 0.118. The van der Waals surface area contributed by atoms with Crippen molar-refractivity contribution in [1.29, 1.82) is 0 Å². The molecule has 148 valence electrons. The van der Waals surface area contributed by atoms with Crippen molar-refractivity contribution < 1.29 is 9.47 Å². The van der Waals surface area contributed by atoms with E-state index in [1.165, 1.54) is 30.5 Å². The molecule has 0 unspecified atom stereocenters. The number of fused-ring (bicyclic) bond motifs is 1. The van der Waals surface area contributed by atoms with Crippen molar-refractivity contribution in [2.75, 3.05) is 36.5 Å². The van der Waals surface area contributed by atoms with Gasteiger partial charge >= 0.3 is 0 Å². The van der Waals surface area contributed by atoms with Gasteiger partial charge in [0.15, 0.2) is 16.6 Å². The highest BCUT2D eigenvalue weighted by Gasteiger charge is 2.14. The maximum atomic E-state index is 5.62. The largest absolute Gasteiger partial charge is 0.486 e. The molecule has 2 N–H and O–H groups in total. The lowest BCUT2D eigenvalue weighted by molar-refractivity contribution is 0.171. The molecule has 1 saturated heterocycles. The zero-order valence-corrected chi connectivity index (χ0v) is 17.1. The highest BCUT2D eigenvalue weighted by atomic mass is 32.1. The highest BCUT2D eigenvalue weighted by molar-refractivity contribution is 7.80. The second-order valence-corrected chi connectivity index (χ2v) is 7.73. The standard InChI is InChI=1S/C22H27N3O2S/c1-16(17-5-8-19(9-6-17)25-11-3-2-4-12-25)23-22(28)24-18-7-10-20-21(15-18)27-14-13-26-20/h5-10,15-16H,2-4,11-14H2,1H3,(H2,23,24,28)/t16-/m0/s1. The predicted octanol–water partition coefficient (Wildman–Crippen LogP) is 4.50. The molecule has 0 saturated carbocycles. The minimum absolute atomic E-state index is 0.118. The van der Waals surface area contributed by atoms with Crippen molar-refractivity contribution in [2.45, 2.75) is 32.2 Å². The summed E-state index contributed by atoms with van der Waals surface area (Å²) >= 11 is 5.49. The third-order valence-corrected chi connectivity index (χ3v) is 5.48. The fourth-order valence-electron chi connectivity index (χ4n) is 3.69. The lowest BCUT2D eigenvalue weighted by atomic mass is 10.1. The number of piperidine rings is 1. The van der Waals surface area contributed by atoms with Crippen LogP contribution < -0.4 is 25.0 Å². The molecule has 6 heteroatoms. The molecule has 4 rings (SSSR count). The van der Waals surface area contributed by atoms with E-state index in [1.54, 1.807) is 0 Å². The Morgan fingerprint density at radius 2 is 1.68 bits per heavy atom. The van der Waals surface area contributed by atoms with Crippen LogP contribution in [0.1, 0.15) is 37.8 Å². The summed E-state index contributed by atoms with van der Waals surface area (Å²) < 4.78 is 11.2. The van der Waals surface area contributed by atoms with E-state index in [4.69, 9.17) is 21.7 Å². The van der Waals surface area contributed by atoms with E-state index in [2.05, 4.69) is 46.7 Å². The van der Waals surface area contributed by atoms with Crippen LogP contribution >= 0.6 is 12.2 Å². The van der Waals surface area contributed by atoms with E-state index in [0.717, 1.165) is 30.3 Å². The molecule has 2 aromatic carbocycles. The molecule has 2 aliphatic heterocycles. The Morgan fingerprint density at radius 3 is 2.43 bits per heavy atom. The molecule has 5 nitrogen and oxygen atoms in total. The highest BCUT2D eigenvalue weighted by Crippen LogP contribution is 2.32. The van der Waals surface area contributed by atoms with E-state index >= 15 is 0 Å². The maximum absolute atomic E-state index is 5.62. The molecule has 1 atom stereocenters. The van der Waals surface area contributed by atoms with Crippen molar-refractivity contribution >= 4 is 28.7 Å². The average Bonchev–Trinajstić information content (AvgIpc) is 2.74. The third-order valence-electron chi connectivity index (χ3n) is 5.26. The van der Waals surface area contributed by atoms with E-state index in [0.29, 0.717) is 18.3 Å². The van der Waals surface area contributed by atoms with E-state index < -0.39 is 0 Å². The van der Waals surface area contributed by atoms with E-state index in [-0.39, 0.29) is 6.04 Å². The molecule has 1 fully saturated rings. The predicted molar refractivity (Wildman–Crippen MR) is 118 cm³/mol. The number of nitrogens with one attached hydrogen (secondary N) is 2. The Labute approximate surface area is 172 Å². The first kappa shape index (κ1) is 18.9. The van der Waals surface area contributed by atoms with Crippen molar-refractivity contribution in [3.8, 4) is 11.5 Å². The molecule has 0 spiro atoms. The minimum Gasteiger partial charge on any atom is -0.486 e. The summed E-state index contributed by atoms with van der Waals surface area (Å²) in [5, 5.41) is 7.18. The van der Waals surface area contributed by atoms with Crippen LogP contribution in [0.4, 0.5) is 11.4 Å². The van der Waals surface area contributed by atoms with Gasteiger partial charge in [-0.3, -0.25) is 0 Å². The van der Waals surface area contributed by atoms with Crippen LogP contribution in [0.15, 0.2) is 42.5 Å². The first-order chi connectivity index (χ1) is 13.7. The molecule has 0 aliphatic carbocycles. The molecular formula is C22H27N3O2S. The number of ether oxygens (including phenoxy) is 2. The van der Waals surface area contributed by atoms with Gasteiger partial charge in [-0.1, -0.05) is 12.1 Å². The van der Waals surface area contributed by atoms with Gasteiger partial charge in [-0.05, 0) is 68.2 Å². The number of benzene rings is 2. The number of thiocarbonyl (C=S) groups is 1. The lowest BCUT2D eigenvalue weighted by Crippen LogP contribution is -2.31. The van der Waals surface area contributed by atoms with Gasteiger partial charge in [0.05, 0.1) is 6.04 Å². The molecule has 28 heavy (non-hydrogen) atoms. The monoisotopic (exact) mass is 397 g/mol. The van der Waals surface area contributed by atoms with Gasteiger partial charge in [-0.2, -0.15) is 0 Å². The molecule has 0 aromatic heterocycles. The Balaban J connectivity index is 1.33. The molecule has 2 heterocycles. The average molecular weight is 398 g/mol. The van der Waals surface area contributed by atoms with Gasteiger partial charge in [0, 0.05) is 30.5 Å². The number of hydrogen-bond acceptors (Lipinski definition) is 4. The SMILES string of the molecule is C[C@H](NC(=S)Nc1ccc2c(c1)OCCO2)c1ccc(N2CCCCC2)cc1. The Hall–Kier alpha value is -2.47. The Bertz CT molecular complexity index is 819. The molecule has 0 radical (unpaired) electrons. The van der Waals surface area contributed by atoms with Gasteiger partial charge in [-0.25, -0.2) is 0 Å². The van der Waals surface area contributed by atoms with Gasteiger partial charge in [0.1, 0.15) is 13.2 Å². The van der Waals surface area contributed by atoms with E-state index in [9.17, 15) is 0 Å². The molecule has 2 aliphatic rings. The quantitative estimate of drug-likeness (QED) is 0.741. The van der Waals surface area contributed by atoms with Gasteiger partial charge in [0.25, 0.3) is 0 Å². The summed E-state index contributed by atoms with van der Waals surface area (Å²) in [7, 11) is 0. The van der Waals surface area contributed by atoms with Crippen molar-refractivity contribution in [3.63, 3.8) is 0 Å². The first-order valence-electron chi connectivity index (χ1n) is 10.0. The normalized spacial score (nSPS) is 17.0. The van der Waals surface area contributed by atoms with E-state index in [1.807, 2.05) is 18.2 Å². The summed E-state index contributed by atoms with van der Waals surface area (Å²) in [6, 6.07) is 14.7. The smallest absolute Gasteiger partial charge is 0.171 e. The number of rotatable bonds is 4. The fraction of sp³-hybridized carbons (Fsp3) is 0.409. The molecule has 2 aromatic rings. The summed E-state index contributed by atoms with van der Waals surface area (Å²) in [4.78, 5) is 2.47. The number of hydrogen-bond donors (Lipinski definition) is 2. The van der Waals surface area contributed by atoms with Crippen LogP contribution in [0.2, 0.25) is 0 Å². The summed E-state index contributed by atoms with van der Waals surface area (Å²) in [6.07, 6.45) is 3.93. The lowest BCUT2D eigenvalue weighted by Gasteiger charge is -2.29. The zero-order valence-electron chi connectivity index (χ0n) is 16.2. The van der Waals surface area contributed by atoms with Gasteiger partial charge < -0.3 is 25.0 Å². The second kappa shape index (κ2) is 8.69. The van der Waals surface area contributed by atoms with Crippen molar-refractivity contribution in [1.82, 2.24) is 5.32 Å². The number of anilines is 2. The maximum Gasteiger partial charge on any atom is 0.171 e. The molecule has 0 amide bonds. The van der Waals surface area contributed by atoms with Crippen LogP contribution in [-0.4, -0.2) is 31.4 Å². The molecule has 0 bridgehead atoms. The number of nitrogens with zero attached hydrogens (tertiary/aromatic N) is 1. The van der Waals surface area contributed by atoms with Crippen LogP contribution in [0.25, 0.3) is 0 Å². The van der Waals surface area contributed by atoms with Crippen molar-refractivity contribution in [3.05, 3.63) is 48.0 Å². The molecular weight excluding hydrogens is 370 g/mol. The summed E-state index contributed by atoms with van der Waals surface area (Å²) in [5.41, 5.74) is 3.41. The first-order valence-corrected chi connectivity index (χ1v) is 10.4. The third kappa shape index (κ3) is 4.50. The summed E-state index contributed by atoms with van der Waals surface area (Å²) in [5.74, 6) is 1.53. The van der Waals surface area contributed by atoms with Gasteiger partial charge in [0.2, 0.25) is 0 Å². The fourth-order valence-corrected chi connectivity index (χ4v) is 3.99. The van der Waals surface area contributed by atoms with Crippen LogP contribution in [0, 0.1) is 0 Å².